The van der Waals surface area contributed by atoms with Crippen LogP contribution in [0.15, 0.2) is 34.9 Å². The van der Waals surface area contributed by atoms with Gasteiger partial charge in [0.2, 0.25) is 0 Å². The molecule has 1 heterocycles. The second kappa shape index (κ2) is 7.57. The second-order valence-electron chi connectivity index (χ2n) is 5.00. The number of aromatic nitrogens is 2. The van der Waals surface area contributed by atoms with Crippen LogP contribution >= 0.6 is 15.9 Å². The molecule has 0 aliphatic rings. The first-order chi connectivity index (χ1) is 9.69. The number of aliphatic hydroxyl groups excluding tert-OH is 1. The minimum absolute atomic E-state index is 0.247. The van der Waals surface area contributed by atoms with Gasteiger partial charge in [-0.25, -0.2) is 4.98 Å². The monoisotopic (exact) mass is 337 g/mol. The van der Waals surface area contributed by atoms with Gasteiger partial charge in [0.1, 0.15) is 5.82 Å². The highest BCUT2D eigenvalue weighted by Gasteiger charge is 2.05. The summed E-state index contributed by atoms with van der Waals surface area (Å²) in [5.41, 5.74) is 2.14. The number of benzene rings is 1. The second-order valence-corrected chi connectivity index (χ2v) is 5.92. The van der Waals surface area contributed by atoms with Crippen LogP contribution < -0.4 is 5.32 Å². The van der Waals surface area contributed by atoms with Crippen LogP contribution in [0.5, 0.6) is 0 Å². The number of aromatic amines is 1. The van der Waals surface area contributed by atoms with Gasteiger partial charge < -0.3 is 15.4 Å². The molecule has 20 heavy (non-hydrogen) atoms. The maximum Gasteiger partial charge on any atom is 0.120 e. The van der Waals surface area contributed by atoms with Crippen LogP contribution in [0.4, 0.5) is 0 Å². The van der Waals surface area contributed by atoms with Crippen molar-refractivity contribution in [2.45, 2.75) is 19.9 Å². The van der Waals surface area contributed by atoms with E-state index in [0.717, 1.165) is 34.5 Å². The maximum absolute atomic E-state index is 8.85. The minimum Gasteiger partial charge on any atom is -0.396 e. The van der Waals surface area contributed by atoms with Crippen LogP contribution in [-0.4, -0.2) is 28.2 Å². The third-order valence-electron chi connectivity index (χ3n) is 3.17. The zero-order valence-electron chi connectivity index (χ0n) is 11.6. The Kier molecular flexibility index (Phi) is 5.76. The molecule has 0 saturated carbocycles. The van der Waals surface area contributed by atoms with E-state index in [9.17, 15) is 0 Å². The van der Waals surface area contributed by atoms with Crippen LogP contribution in [0, 0.1) is 5.92 Å². The molecule has 0 radical (unpaired) electrons. The van der Waals surface area contributed by atoms with E-state index in [4.69, 9.17) is 5.11 Å². The summed E-state index contributed by atoms with van der Waals surface area (Å²) in [7, 11) is 0. The van der Waals surface area contributed by atoms with Crippen LogP contribution in [-0.2, 0) is 6.54 Å². The molecule has 0 bridgehead atoms. The molecule has 108 valence electrons. The first kappa shape index (κ1) is 15.2. The molecule has 0 fully saturated rings. The molecule has 5 heteroatoms. The van der Waals surface area contributed by atoms with Crippen LogP contribution in [0.2, 0.25) is 0 Å². The van der Waals surface area contributed by atoms with Gasteiger partial charge in [0.15, 0.2) is 0 Å². The normalized spacial score (nSPS) is 12.6. The van der Waals surface area contributed by atoms with E-state index in [1.807, 2.05) is 18.3 Å². The number of halogens is 1. The Bertz CT molecular complexity index is 541. The fraction of sp³-hybridized carbons (Fsp3) is 0.400. The molecule has 2 rings (SSSR count). The number of nitrogens with zero attached hydrogens (tertiary/aromatic N) is 1. The lowest BCUT2D eigenvalue weighted by molar-refractivity contribution is 0.260. The number of H-pyrrole nitrogens is 1. The van der Waals surface area contributed by atoms with Crippen molar-refractivity contribution in [3.8, 4) is 11.3 Å². The molecule has 0 saturated heterocycles. The molecule has 0 amide bonds. The SMILES string of the molecule is CC(CCO)CNCc1ncc(-c2cccc(Br)c2)[nH]1. The average Bonchev–Trinajstić information content (AvgIpc) is 2.88. The Balaban J connectivity index is 1.89. The highest BCUT2D eigenvalue weighted by atomic mass is 79.9. The van der Waals surface area contributed by atoms with Gasteiger partial charge in [0.05, 0.1) is 18.4 Å². The minimum atomic E-state index is 0.247. The molecule has 1 aromatic heterocycles. The Morgan fingerprint density at radius 2 is 2.30 bits per heavy atom. The van der Waals surface area contributed by atoms with E-state index in [1.165, 1.54) is 0 Å². The summed E-state index contributed by atoms with van der Waals surface area (Å²) in [6, 6.07) is 8.13. The molecule has 0 spiro atoms. The van der Waals surface area contributed by atoms with Gasteiger partial charge in [0.25, 0.3) is 0 Å². The van der Waals surface area contributed by atoms with E-state index >= 15 is 0 Å². The third kappa shape index (κ3) is 4.44. The van der Waals surface area contributed by atoms with Gasteiger partial charge in [-0.3, -0.25) is 0 Å². The number of imidazole rings is 1. The van der Waals surface area contributed by atoms with Crippen molar-refractivity contribution >= 4 is 15.9 Å². The summed E-state index contributed by atoms with van der Waals surface area (Å²) in [6.07, 6.45) is 2.68. The average molecular weight is 338 g/mol. The largest absolute Gasteiger partial charge is 0.396 e. The zero-order chi connectivity index (χ0) is 14.4. The first-order valence-electron chi connectivity index (χ1n) is 6.80. The molecule has 1 aromatic carbocycles. The van der Waals surface area contributed by atoms with E-state index in [1.54, 1.807) is 0 Å². The Morgan fingerprint density at radius 3 is 3.05 bits per heavy atom. The predicted octanol–water partition coefficient (Wildman–Crippen LogP) is 2.95. The first-order valence-corrected chi connectivity index (χ1v) is 7.59. The maximum atomic E-state index is 8.85. The van der Waals surface area contributed by atoms with Crippen molar-refractivity contribution in [2.75, 3.05) is 13.2 Å². The number of hydrogen-bond acceptors (Lipinski definition) is 3. The Hall–Kier alpha value is -1.17. The number of aliphatic hydroxyl groups is 1. The molecule has 1 unspecified atom stereocenters. The van der Waals surface area contributed by atoms with E-state index in [2.05, 4.69) is 50.3 Å². The summed E-state index contributed by atoms with van der Waals surface area (Å²) < 4.78 is 1.06. The van der Waals surface area contributed by atoms with Crippen molar-refractivity contribution in [2.24, 2.45) is 5.92 Å². The molecular weight excluding hydrogens is 318 g/mol. The van der Waals surface area contributed by atoms with E-state index < -0.39 is 0 Å². The Labute approximate surface area is 127 Å². The van der Waals surface area contributed by atoms with Crippen molar-refractivity contribution in [1.82, 2.24) is 15.3 Å². The lowest BCUT2D eigenvalue weighted by Crippen LogP contribution is -2.21. The van der Waals surface area contributed by atoms with Crippen molar-refractivity contribution in [3.05, 3.63) is 40.8 Å². The van der Waals surface area contributed by atoms with Gasteiger partial charge in [-0.05, 0) is 31.0 Å². The van der Waals surface area contributed by atoms with Gasteiger partial charge >= 0.3 is 0 Å². The zero-order valence-corrected chi connectivity index (χ0v) is 13.2. The summed E-state index contributed by atoms with van der Waals surface area (Å²) in [6.45, 7) is 3.96. The molecule has 3 N–H and O–H groups in total. The standard InChI is InChI=1S/C15H20BrN3O/c1-11(5-6-20)8-17-10-15-18-9-14(19-15)12-3-2-4-13(16)7-12/h2-4,7,9,11,17,20H,5-6,8,10H2,1H3,(H,18,19). The smallest absolute Gasteiger partial charge is 0.120 e. The number of nitrogens with one attached hydrogen (secondary N) is 2. The fourth-order valence-corrected chi connectivity index (χ4v) is 2.41. The highest BCUT2D eigenvalue weighted by molar-refractivity contribution is 9.10. The van der Waals surface area contributed by atoms with Gasteiger partial charge in [-0.15, -0.1) is 0 Å². The van der Waals surface area contributed by atoms with Crippen molar-refractivity contribution in [1.29, 1.82) is 0 Å². The summed E-state index contributed by atoms with van der Waals surface area (Å²) in [5, 5.41) is 12.2. The van der Waals surface area contributed by atoms with Gasteiger partial charge in [-0.2, -0.15) is 0 Å². The fourth-order valence-electron chi connectivity index (χ4n) is 2.01. The number of hydrogen-bond donors (Lipinski definition) is 3. The lowest BCUT2D eigenvalue weighted by Gasteiger charge is -2.09. The van der Waals surface area contributed by atoms with Crippen LogP contribution in [0.1, 0.15) is 19.2 Å². The van der Waals surface area contributed by atoms with Gasteiger partial charge in [-0.1, -0.05) is 35.0 Å². The topological polar surface area (TPSA) is 60.9 Å². The molecule has 0 aliphatic heterocycles. The lowest BCUT2D eigenvalue weighted by atomic mass is 10.1. The molecule has 2 aromatic rings. The molecular formula is C15H20BrN3O. The number of rotatable bonds is 7. The third-order valence-corrected chi connectivity index (χ3v) is 3.66. The highest BCUT2D eigenvalue weighted by Crippen LogP contribution is 2.21. The Morgan fingerprint density at radius 1 is 1.45 bits per heavy atom. The van der Waals surface area contributed by atoms with Crippen molar-refractivity contribution in [3.63, 3.8) is 0 Å². The van der Waals surface area contributed by atoms with Crippen LogP contribution in [0.3, 0.4) is 0 Å². The van der Waals surface area contributed by atoms with Gasteiger partial charge in [0, 0.05) is 16.6 Å². The van der Waals surface area contributed by atoms with E-state index in [-0.39, 0.29) is 6.61 Å². The van der Waals surface area contributed by atoms with Crippen LogP contribution in [0.25, 0.3) is 11.3 Å². The van der Waals surface area contributed by atoms with E-state index in [0.29, 0.717) is 12.5 Å². The summed E-state index contributed by atoms with van der Waals surface area (Å²) >= 11 is 3.47. The summed E-state index contributed by atoms with van der Waals surface area (Å²) in [5.74, 6) is 1.40. The molecule has 1 atom stereocenters. The predicted molar refractivity (Wildman–Crippen MR) is 84.3 cm³/mol. The molecule has 4 nitrogen and oxygen atoms in total. The quantitative estimate of drug-likeness (QED) is 0.727. The molecule has 0 aliphatic carbocycles. The summed E-state index contributed by atoms with van der Waals surface area (Å²) in [4.78, 5) is 7.70. The van der Waals surface area contributed by atoms with Crippen molar-refractivity contribution < 1.29 is 5.11 Å².